The number of anilines is 1. The molecule has 2 amide bonds. The lowest BCUT2D eigenvalue weighted by Crippen LogP contribution is -2.40. The number of hydrogen-bond acceptors (Lipinski definition) is 3. The summed E-state index contributed by atoms with van der Waals surface area (Å²) in [4.78, 5) is 12.9. The zero-order valence-electron chi connectivity index (χ0n) is 11.9. The van der Waals surface area contributed by atoms with Crippen molar-refractivity contribution in [3.05, 3.63) is 42.1 Å². The van der Waals surface area contributed by atoms with Gasteiger partial charge in [-0.1, -0.05) is 30.3 Å². The molecule has 1 heterocycles. The Morgan fingerprint density at radius 3 is 2.75 bits per heavy atom. The Balaban J connectivity index is 1.99. The molecule has 6 nitrogen and oxygen atoms in total. The number of aromatic nitrogens is 2. The average Bonchev–Trinajstić information content (AvgIpc) is 2.88. The fourth-order valence-electron chi connectivity index (χ4n) is 1.79. The smallest absolute Gasteiger partial charge is 0.323 e. The van der Waals surface area contributed by atoms with Crippen LogP contribution in [0.25, 0.3) is 0 Å². The maximum atomic E-state index is 11.5. The SMILES string of the molecule is C[C@H](Cc1ccccc1)[n+]1cc(NC(=O)N(C)C)on1. The minimum absolute atomic E-state index is 0.145. The minimum atomic E-state index is -0.246. The molecule has 2 aromatic rings. The van der Waals surface area contributed by atoms with Crippen molar-refractivity contribution >= 4 is 11.9 Å². The van der Waals surface area contributed by atoms with E-state index >= 15 is 0 Å². The van der Waals surface area contributed by atoms with E-state index in [2.05, 4.69) is 22.7 Å². The van der Waals surface area contributed by atoms with Crippen LogP contribution < -0.4 is 10.00 Å². The van der Waals surface area contributed by atoms with Crippen molar-refractivity contribution in [2.24, 2.45) is 0 Å². The van der Waals surface area contributed by atoms with Gasteiger partial charge in [0.15, 0.2) is 6.04 Å². The van der Waals surface area contributed by atoms with Gasteiger partial charge in [0, 0.05) is 27.4 Å². The second kappa shape index (κ2) is 6.18. The molecule has 20 heavy (non-hydrogen) atoms. The molecule has 0 bridgehead atoms. The van der Waals surface area contributed by atoms with Gasteiger partial charge in [-0.15, -0.1) is 0 Å². The van der Waals surface area contributed by atoms with Crippen LogP contribution in [-0.4, -0.2) is 30.3 Å². The quantitative estimate of drug-likeness (QED) is 0.866. The predicted molar refractivity (Wildman–Crippen MR) is 74.3 cm³/mol. The largest absolute Gasteiger partial charge is 0.331 e. The van der Waals surface area contributed by atoms with Crippen LogP contribution in [0, 0.1) is 0 Å². The van der Waals surface area contributed by atoms with Crippen molar-refractivity contribution in [2.45, 2.75) is 19.4 Å². The first kappa shape index (κ1) is 14.0. The van der Waals surface area contributed by atoms with Gasteiger partial charge in [-0.3, -0.25) is 9.84 Å². The first-order chi connectivity index (χ1) is 9.56. The zero-order chi connectivity index (χ0) is 14.5. The molecule has 0 aliphatic rings. The van der Waals surface area contributed by atoms with E-state index in [0.29, 0.717) is 5.88 Å². The van der Waals surface area contributed by atoms with E-state index in [1.165, 1.54) is 10.5 Å². The summed E-state index contributed by atoms with van der Waals surface area (Å²) in [6.07, 6.45) is 2.54. The third-order valence-electron chi connectivity index (χ3n) is 2.94. The number of amides is 2. The fourth-order valence-corrected chi connectivity index (χ4v) is 1.79. The molecular weight excluding hydrogens is 256 g/mol. The van der Waals surface area contributed by atoms with Crippen LogP contribution in [0.5, 0.6) is 0 Å². The van der Waals surface area contributed by atoms with Crippen molar-refractivity contribution in [1.29, 1.82) is 0 Å². The highest BCUT2D eigenvalue weighted by molar-refractivity contribution is 5.87. The van der Waals surface area contributed by atoms with Crippen LogP contribution >= 0.6 is 0 Å². The number of carbonyl (C=O) groups is 1. The molecule has 0 fully saturated rings. The molecule has 0 aliphatic heterocycles. The number of rotatable bonds is 4. The molecule has 0 saturated carbocycles. The minimum Gasteiger partial charge on any atom is -0.331 e. The van der Waals surface area contributed by atoms with Crippen molar-refractivity contribution in [2.75, 3.05) is 19.4 Å². The highest BCUT2D eigenvalue weighted by Gasteiger charge is 2.21. The van der Waals surface area contributed by atoms with E-state index < -0.39 is 0 Å². The molecule has 0 radical (unpaired) electrons. The Kier molecular flexibility index (Phi) is 4.34. The van der Waals surface area contributed by atoms with E-state index in [1.54, 1.807) is 25.0 Å². The Bertz CT molecular complexity index is 566. The van der Waals surface area contributed by atoms with E-state index in [9.17, 15) is 4.79 Å². The number of carbonyl (C=O) groups excluding carboxylic acids is 1. The molecule has 6 heteroatoms. The standard InChI is InChI=1S/C14H18N4O2/c1-11(9-12-7-5-4-6-8-12)18-10-13(20-16-18)15-14(19)17(2)3/h4-8,10-11H,9H2,1-3H3/p+1/t11-/m1/s1. The molecular formula is C14H19N4O2+. The molecule has 1 atom stereocenters. The molecule has 0 unspecified atom stereocenters. The van der Waals surface area contributed by atoms with Gasteiger partial charge in [0.05, 0.1) is 0 Å². The molecule has 0 saturated heterocycles. The highest BCUT2D eigenvalue weighted by atomic mass is 16.5. The number of benzene rings is 1. The lowest BCUT2D eigenvalue weighted by molar-refractivity contribution is -0.782. The van der Waals surface area contributed by atoms with Gasteiger partial charge in [-0.2, -0.15) is 0 Å². The monoisotopic (exact) mass is 275 g/mol. The Labute approximate surface area is 118 Å². The second-order valence-corrected chi connectivity index (χ2v) is 4.91. The van der Waals surface area contributed by atoms with Crippen LogP contribution in [0.4, 0.5) is 10.7 Å². The predicted octanol–water partition coefficient (Wildman–Crippen LogP) is 1.86. The van der Waals surface area contributed by atoms with Crippen molar-refractivity contribution < 1.29 is 14.0 Å². The fraction of sp³-hybridized carbons (Fsp3) is 0.357. The van der Waals surface area contributed by atoms with Gasteiger partial charge in [0.1, 0.15) is 0 Å². The van der Waals surface area contributed by atoms with Gasteiger partial charge in [-0.25, -0.2) is 4.79 Å². The summed E-state index contributed by atoms with van der Waals surface area (Å²) in [6.45, 7) is 2.05. The van der Waals surface area contributed by atoms with Crippen LogP contribution in [0.15, 0.2) is 41.1 Å². The van der Waals surface area contributed by atoms with E-state index in [1.807, 2.05) is 25.1 Å². The molecule has 0 aliphatic carbocycles. The van der Waals surface area contributed by atoms with Gasteiger partial charge >= 0.3 is 11.9 Å². The Morgan fingerprint density at radius 1 is 1.40 bits per heavy atom. The molecule has 1 aromatic carbocycles. The van der Waals surface area contributed by atoms with Gasteiger partial charge in [-0.05, 0) is 10.2 Å². The molecule has 106 valence electrons. The average molecular weight is 275 g/mol. The van der Waals surface area contributed by atoms with E-state index in [-0.39, 0.29) is 12.1 Å². The maximum absolute atomic E-state index is 11.5. The topological polar surface area (TPSA) is 62.3 Å². The third-order valence-corrected chi connectivity index (χ3v) is 2.94. The lowest BCUT2D eigenvalue weighted by atomic mass is 10.1. The summed E-state index contributed by atoms with van der Waals surface area (Å²) in [5.74, 6) is 0.337. The molecule has 1 aromatic heterocycles. The summed E-state index contributed by atoms with van der Waals surface area (Å²) in [5, 5.41) is 6.55. The van der Waals surface area contributed by atoms with Crippen molar-refractivity contribution in [3.8, 4) is 0 Å². The second-order valence-electron chi connectivity index (χ2n) is 4.91. The van der Waals surface area contributed by atoms with Crippen LogP contribution in [0.2, 0.25) is 0 Å². The first-order valence-electron chi connectivity index (χ1n) is 6.46. The summed E-state index contributed by atoms with van der Waals surface area (Å²) in [6, 6.07) is 10.1. The molecule has 2 rings (SSSR count). The van der Waals surface area contributed by atoms with Crippen LogP contribution in [0.3, 0.4) is 0 Å². The number of nitrogens with zero attached hydrogens (tertiary/aromatic N) is 3. The Morgan fingerprint density at radius 2 is 2.10 bits per heavy atom. The number of hydrogen-bond donors (Lipinski definition) is 1. The normalized spacial score (nSPS) is 11.9. The summed E-state index contributed by atoms with van der Waals surface area (Å²) in [7, 11) is 3.33. The number of urea groups is 1. The van der Waals surface area contributed by atoms with E-state index in [0.717, 1.165) is 6.42 Å². The summed E-state index contributed by atoms with van der Waals surface area (Å²) < 4.78 is 6.81. The van der Waals surface area contributed by atoms with Gasteiger partial charge in [0.2, 0.25) is 5.27 Å². The van der Waals surface area contributed by atoms with Crippen LogP contribution in [0.1, 0.15) is 18.5 Å². The molecule has 0 spiro atoms. The zero-order valence-corrected chi connectivity index (χ0v) is 11.9. The Hall–Kier alpha value is -2.37. The van der Waals surface area contributed by atoms with Gasteiger partial charge < -0.3 is 4.90 Å². The lowest BCUT2D eigenvalue weighted by Gasteiger charge is -2.07. The molecule has 1 N–H and O–H groups in total. The first-order valence-corrected chi connectivity index (χ1v) is 6.46. The summed E-state index contributed by atoms with van der Waals surface area (Å²) in [5.41, 5.74) is 1.23. The third kappa shape index (κ3) is 3.57. The number of nitrogens with one attached hydrogen (secondary N) is 1. The van der Waals surface area contributed by atoms with Crippen molar-refractivity contribution in [1.82, 2.24) is 10.2 Å². The maximum Gasteiger partial charge on any atom is 0.323 e. The van der Waals surface area contributed by atoms with Gasteiger partial charge in [0.25, 0.3) is 6.20 Å². The van der Waals surface area contributed by atoms with Crippen LogP contribution in [-0.2, 0) is 6.42 Å². The highest BCUT2D eigenvalue weighted by Crippen LogP contribution is 2.09. The summed E-state index contributed by atoms with van der Waals surface area (Å²) >= 11 is 0. The van der Waals surface area contributed by atoms with Crippen molar-refractivity contribution in [3.63, 3.8) is 0 Å². The van der Waals surface area contributed by atoms with E-state index in [4.69, 9.17) is 4.52 Å².